The van der Waals surface area contributed by atoms with Crippen LogP contribution in [0.15, 0.2) is 66.9 Å². The summed E-state index contributed by atoms with van der Waals surface area (Å²) in [5.41, 5.74) is 2.99. The third kappa shape index (κ3) is 4.45. The van der Waals surface area contributed by atoms with E-state index in [2.05, 4.69) is 25.7 Å². The number of nitrogens with one attached hydrogen (secondary N) is 3. The highest BCUT2D eigenvalue weighted by atomic mass is 16.2. The molecule has 0 fully saturated rings. The van der Waals surface area contributed by atoms with Crippen LogP contribution in [-0.4, -0.2) is 25.8 Å². The number of carbonyl (C=O) groups excluding carboxylic acids is 1. The molecule has 0 saturated heterocycles. The van der Waals surface area contributed by atoms with Gasteiger partial charge in [0.25, 0.3) is 0 Å². The molecule has 1 unspecified atom stereocenters. The van der Waals surface area contributed by atoms with Crippen molar-refractivity contribution in [2.45, 2.75) is 26.4 Å². The molecule has 148 valence electrons. The van der Waals surface area contributed by atoms with Crippen molar-refractivity contribution in [3.63, 3.8) is 0 Å². The van der Waals surface area contributed by atoms with E-state index in [1.807, 2.05) is 74.6 Å². The maximum atomic E-state index is 12.6. The summed E-state index contributed by atoms with van der Waals surface area (Å²) in [5, 5.41) is 10.2. The maximum absolute atomic E-state index is 12.6. The van der Waals surface area contributed by atoms with Crippen molar-refractivity contribution >= 4 is 22.9 Å². The molecule has 0 bridgehead atoms. The van der Waals surface area contributed by atoms with Crippen LogP contribution in [-0.2, 0) is 6.54 Å². The Hall–Kier alpha value is -3.61. The zero-order valence-corrected chi connectivity index (χ0v) is 16.5. The molecule has 29 heavy (non-hydrogen) atoms. The Balaban J connectivity index is 1.42. The number of rotatable bonds is 6. The van der Waals surface area contributed by atoms with E-state index in [4.69, 9.17) is 0 Å². The highest BCUT2D eigenvalue weighted by Crippen LogP contribution is 2.22. The van der Waals surface area contributed by atoms with Crippen LogP contribution in [0.5, 0.6) is 0 Å². The first-order valence-electron chi connectivity index (χ1n) is 9.68. The molecule has 4 rings (SSSR count). The largest absolute Gasteiger partial charge is 0.340 e. The van der Waals surface area contributed by atoms with Crippen LogP contribution in [0, 0.1) is 5.92 Å². The summed E-state index contributed by atoms with van der Waals surface area (Å²) in [6.07, 6.45) is 1.85. The number of nitrogens with zero attached hydrogens (tertiary/aromatic N) is 3. The van der Waals surface area contributed by atoms with Crippen LogP contribution in [0.25, 0.3) is 11.0 Å². The first kappa shape index (κ1) is 18.7. The summed E-state index contributed by atoms with van der Waals surface area (Å²) in [6.45, 7) is 4.75. The molecule has 0 radical (unpaired) electrons. The Morgan fingerprint density at radius 3 is 2.59 bits per heavy atom. The number of hydrogen-bond acceptors (Lipinski definition) is 3. The Morgan fingerprint density at radius 1 is 1.07 bits per heavy atom. The lowest BCUT2D eigenvalue weighted by molar-refractivity contribution is 0.244. The van der Waals surface area contributed by atoms with E-state index in [0.717, 1.165) is 22.4 Å². The standard InChI is InChI=1S/C22H24N6O/c1-15(2)20(21-23-17-10-6-7-11-18(17)24-21)26-22(29)25-19-12-13-28(27-19)14-16-8-4-3-5-9-16/h3-13,15,20H,14H2,1-2H3,(H,23,24)(H2,25,26,27,29). The Bertz CT molecular complexity index is 1070. The number of fused-ring (bicyclic) bond motifs is 1. The average molecular weight is 388 g/mol. The molecule has 2 heterocycles. The Labute approximate surface area is 169 Å². The lowest BCUT2D eigenvalue weighted by Crippen LogP contribution is -2.35. The highest BCUT2D eigenvalue weighted by Gasteiger charge is 2.22. The third-order valence-corrected chi connectivity index (χ3v) is 4.73. The van der Waals surface area contributed by atoms with Crippen molar-refractivity contribution < 1.29 is 4.79 Å². The molecule has 7 nitrogen and oxygen atoms in total. The summed E-state index contributed by atoms with van der Waals surface area (Å²) >= 11 is 0. The van der Waals surface area contributed by atoms with Crippen LogP contribution < -0.4 is 10.6 Å². The first-order chi connectivity index (χ1) is 14.1. The fraction of sp³-hybridized carbons (Fsp3) is 0.227. The van der Waals surface area contributed by atoms with E-state index in [0.29, 0.717) is 12.4 Å². The lowest BCUT2D eigenvalue weighted by atomic mass is 10.0. The molecular formula is C22H24N6O. The van der Waals surface area contributed by atoms with Crippen LogP contribution in [0.3, 0.4) is 0 Å². The molecule has 0 aliphatic carbocycles. The number of carbonyl (C=O) groups is 1. The van der Waals surface area contributed by atoms with Crippen molar-refractivity contribution in [1.29, 1.82) is 0 Å². The number of aromatic nitrogens is 4. The molecule has 7 heteroatoms. The van der Waals surface area contributed by atoms with Crippen molar-refractivity contribution in [1.82, 2.24) is 25.1 Å². The molecule has 4 aromatic rings. The predicted molar refractivity (Wildman–Crippen MR) is 114 cm³/mol. The fourth-order valence-corrected chi connectivity index (χ4v) is 3.25. The summed E-state index contributed by atoms with van der Waals surface area (Å²) in [6, 6.07) is 19.1. The molecule has 3 N–H and O–H groups in total. The van der Waals surface area contributed by atoms with Gasteiger partial charge in [-0.15, -0.1) is 0 Å². The second-order valence-electron chi connectivity index (χ2n) is 7.34. The molecule has 2 aromatic carbocycles. The topological polar surface area (TPSA) is 87.6 Å². The lowest BCUT2D eigenvalue weighted by Gasteiger charge is -2.20. The summed E-state index contributed by atoms with van der Waals surface area (Å²) in [5.74, 6) is 1.41. The summed E-state index contributed by atoms with van der Waals surface area (Å²) in [7, 11) is 0. The van der Waals surface area contributed by atoms with Gasteiger partial charge in [0.2, 0.25) is 0 Å². The molecule has 1 atom stereocenters. The van der Waals surface area contributed by atoms with Crippen LogP contribution >= 0.6 is 0 Å². The molecule has 0 aliphatic rings. The van der Waals surface area contributed by atoms with Crippen molar-refractivity contribution in [3.05, 3.63) is 78.2 Å². The van der Waals surface area contributed by atoms with Gasteiger partial charge in [-0.25, -0.2) is 9.78 Å². The number of aromatic amines is 1. The second kappa shape index (κ2) is 8.18. The second-order valence-corrected chi connectivity index (χ2v) is 7.34. The predicted octanol–water partition coefficient (Wildman–Crippen LogP) is 4.33. The van der Waals surface area contributed by atoms with Gasteiger partial charge >= 0.3 is 6.03 Å². The Kier molecular flexibility index (Phi) is 5.29. The molecule has 2 amide bonds. The number of hydrogen-bond donors (Lipinski definition) is 3. The number of anilines is 1. The minimum atomic E-state index is -0.311. The van der Waals surface area contributed by atoms with Crippen molar-refractivity contribution in [3.8, 4) is 0 Å². The van der Waals surface area contributed by atoms with Crippen molar-refractivity contribution in [2.75, 3.05) is 5.32 Å². The van der Waals surface area contributed by atoms with Gasteiger partial charge in [0.05, 0.1) is 23.6 Å². The maximum Gasteiger partial charge on any atom is 0.321 e. The van der Waals surface area contributed by atoms with Gasteiger partial charge in [0.15, 0.2) is 5.82 Å². The first-order valence-corrected chi connectivity index (χ1v) is 9.68. The number of amides is 2. The molecule has 2 aromatic heterocycles. The van der Waals surface area contributed by atoms with Gasteiger partial charge in [-0.1, -0.05) is 56.3 Å². The monoisotopic (exact) mass is 388 g/mol. The van der Waals surface area contributed by atoms with Gasteiger partial charge in [0.1, 0.15) is 5.82 Å². The van der Waals surface area contributed by atoms with Gasteiger partial charge < -0.3 is 10.3 Å². The molecule has 0 spiro atoms. The zero-order chi connectivity index (χ0) is 20.2. The fourth-order valence-electron chi connectivity index (χ4n) is 3.25. The summed E-state index contributed by atoms with van der Waals surface area (Å²) < 4.78 is 1.80. The Morgan fingerprint density at radius 2 is 1.83 bits per heavy atom. The van der Waals surface area contributed by atoms with E-state index in [1.54, 1.807) is 10.7 Å². The van der Waals surface area contributed by atoms with E-state index in [-0.39, 0.29) is 18.0 Å². The molecular weight excluding hydrogens is 364 g/mol. The van der Waals surface area contributed by atoms with E-state index < -0.39 is 0 Å². The van der Waals surface area contributed by atoms with E-state index >= 15 is 0 Å². The van der Waals surface area contributed by atoms with E-state index in [9.17, 15) is 4.79 Å². The van der Waals surface area contributed by atoms with Crippen LogP contribution in [0.4, 0.5) is 10.6 Å². The smallest absolute Gasteiger partial charge is 0.321 e. The zero-order valence-electron chi connectivity index (χ0n) is 16.5. The van der Waals surface area contributed by atoms with Crippen LogP contribution in [0.1, 0.15) is 31.3 Å². The normalized spacial score (nSPS) is 12.2. The summed E-state index contributed by atoms with van der Waals surface area (Å²) in [4.78, 5) is 20.5. The number of benzene rings is 2. The van der Waals surface area contributed by atoms with E-state index in [1.165, 1.54) is 0 Å². The number of imidazole rings is 1. The highest BCUT2D eigenvalue weighted by molar-refractivity contribution is 5.88. The number of para-hydroxylation sites is 2. The quantitative estimate of drug-likeness (QED) is 0.459. The molecule has 0 saturated carbocycles. The average Bonchev–Trinajstić information content (AvgIpc) is 3.33. The minimum absolute atomic E-state index is 0.164. The van der Waals surface area contributed by atoms with Gasteiger partial charge in [-0.05, 0) is 23.6 Å². The van der Waals surface area contributed by atoms with Crippen molar-refractivity contribution in [2.24, 2.45) is 5.92 Å². The van der Waals surface area contributed by atoms with Gasteiger partial charge in [-0.2, -0.15) is 5.10 Å². The van der Waals surface area contributed by atoms with Gasteiger partial charge in [0, 0.05) is 12.3 Å². The number of H-pyrrole nitrogens is 1. The van der Waals surface area contributed by atoms with Gasteiger partial charge in [-0.3, -0.25) is 10.00 Å². The molecule has 0 aliphatic heterocycles. The minimum Gasteiger partial charge on any atom is -0.340 e. The van der Waals surface area contributed by atoms with Crippen LogP contribution in [0.2, 0.25) is 0 Å². The SMILES string of the molecule is CC(C)C(NC(=O)Nc1ccn(Cc2ccccc2)n1)c1nc2ccccc2[nH]1. The number of urea groups is 1. The third-order valence-electron chi connectivity index (χ3n) is 4.73.